The molecule has 0 saturated carbocycles. The van der Waals surface area contributed by atoms with Crippen LogP contribution in [0.5, 0.6) is 5.75 Å². The fourth-order valence-electron chi connectivity index (χ4n) is 4.63. The van der Waals surface area contributed by atoms with E-state index in [1.54, 1.807) is 44.3 Å². The van der Waals surface area contributed by atoms with Crippen molar-refractivity contribution in [3.8, 4) is 11.8 Å². The van der Waals surface area contributed by atoms with Crippen molar-refractivity contribution in [1.29, 1.82) is 5.26 Å². The lowest BCUT2D eigenvalue weighted by molar-refractivity contribution is -0.147. The van der Waals surface area contributed by atoms with Crippen molar-refractivity contribution in [1.82, 2.24) is 9.80 Å². The van der Waals surface area contributed by atoms with E-state index in [0.717, 1.165) is 12.8 Å². The molecule has 0 spiro atoms. The molecule has 1 fully saturated rings. The molecule has 1 aromatic carbocycles. The van der Waals surface area contributed by atoms with Gasteiger partial charge >= 0.3 is 0 Å². The Labute approximate surface area is 201 Å². The highest BCUT2D eigenvalue weighted by molar-refractivity contribution is 5.97. The number of hydrogen-bond acceptors (Lipinski definition) is 7. The standard InChI is InChI=1S/C25H35N3O6/c1-16-21(32-5)14-28(3)25(30)19-8-6-7-17(13-26)23(19)33-15-22-20(31-4)10-9-18(34-22)11-12-27(2)24(16)29/h6-8,16,18,20-22H,9-12,14-15H2,1-5H3/t16-,18-,20+,21-,22-/m1/s1. The van der Waals surface area contributed by atoms with Gasteiger partial charge in [-0.05, 0) is 31.4 Å². The van der Waals surface area contributed by atoms with Gasteiger partial charge in [-0.15, -0.1) is 0 Å². The van der Waals surface area contributed by atoms with Crippen LogP contribution in [0.25, 0.3) is 0 Å². The van der Waals surface area contributed by atoms with Gasteiger partial charge in [0.25, 0.3) is 5.91 Å². The molecule has 9 heteroatoms. The first-order chi connectivity index (χ1) is 16.3. The van der Waals surface area contributed by atoms with Crippen LogP contribution in [0.1, 0.15) is 42.1 Å². The SMILES string of the molecule is CO[C@H]1CC[C@@H]2CCN(C)C(=O)[C@H](C)[C@H](OC)CN(C)C(=O)c3cccc(C#N)c3OC[C@H]1O2. The summed E-state index contributed by atoms with van der Waals surface area (Å²) in [5.41, 5.74) is 0.552. The van der Waals surface area contributed by atoms with Crippen molar-refractivity contribution in [3.05, 3.63) is 29.3 Å². The third kappa shape index (κ3) is 5.69. The summed E-state index contributed by atoms with van der Waals surface area (Å²) in [5, 5.41) is 9.66. The minimum absolute atomic E-state index is 0.0441. The first-order valence-electron chi connectivity index (χ1n) is 11.7. The first-order valence-corrected chi connectivity index (χ1v) is 11.7. The number of ether oxygens (including phenoxy) is 4. The van der Waals surface area contributed by atoms with Crippen LogP contribution in [0.3, 0.4) is 0 Å². The summed E-state index contributed by atoms with van der Waals surface area (Å²) in [6, 6.07) is 7.04. The lowest BCUT2D eigenvalue weighted by Gasteiger charge is -2.37. The van der Waals surface area contributed by atoms with Crippen LogP contribution in [0, 0.1) is 17.2 Å². The van der Waals surface area contributed by atoms with Crippen molar-refractivity contribution < 1.29 is 28.5 Å². The van der Waals surface area contributed by atoms with E-state index in [1.807, 2.05) is 6.92 Å². The summed E-state index contributed by atoms with van der Waals surface area (Å²) in [4.78, 5) is 29.7. The van der Waals surface area contributed by atoms with Gasteiger partial charge in [-0.3, -0.25) is 9.59 Å². The molecule has 2 bridgehead atoms. The Hall–Kier alpha value is -2.67. The number of rotatable bonds is 2. The molecule has 0 radical (unpaired) electrons. The monoisotopic (exact) mass is 473 g/mol. The minimum atomic E-state index is -0.488. The van der Waals surface area contributed by atoms with Gasteiger partial charge in [0.05, 0.1) is 35.4 Å². The number of benzene rings is 1. The van der Waals surface area contributed by atoms with Crippen LogP contribution in [0.4, 0.5) is 0 Å². The van der Waals surface area contributed by atoms with E-state index in [2.05, 4.69) is 6.07 Å². The average molecular weight is 474 g/mol. The van der Waals surface area contributed by atoms with Crippen LogP contribution in [0.2, 0.25) is 0 Å². The molecule has 5 atom stereocenters. The maximum atomic E-state index is 13.4. The topological polar surface area (TPSA) is 101 Å². The Bertz CT molecular complexity index is 916. The zero-order chi connectivity index (χ0) is 24.8. The highest BCUT2D eigenvalue weighted by Gasteiger charge is 2.34. The summed E-state index contributed by atoms with van der Waals surface area (Å²) in [7, 11) is 6.61. The number of methoxy groups -OCH3 is 2. The number of nitrogens with zero attached hydrogens (tertiary/aromatic N) is 3. The summed E-state index contributed by atoms with van der Waals surface area (Å²) in [5.74, 6) is -0.582. The number of likely N-dealkylation sites (N-methyl/N-ethyl adjacent to an activating group) is 1. The molecule has 0 unspecified atom stereocenters. The maximum Gasteiger partial charge on any atom is 0.257 e. The third-order valence-electron chi connectivity index (χ3n) is 6.83. The molecule has 0 aliphatic carbocycles. The van der Waals surface area contributed by atoms with Crippen molar-refractivity contribution >= 4 is 11.8 Å². The molecule has 2 amide bonds. The average Bonchev–Trinajstić information content (AvgIpc) is 2.86. The molecule has 1 aromatic rings. The highest BCUT2D eigenvalue weighted by atomic mass is 16.6. The number of amides is 2. The van der Waals surface area contributed by atoms with Crippen LogP contribution < -0.4 is 4.74 Å². The molecular weight excluding hydrogens is 438 g/mol. The Morgan fingerprint density at radius 2 is 1.79 bits per heavy atom. The minimum Gasteiger partial charge on any atom is -0.489 e. The Morgan fingerprint density at radius 1 is 1.06 bits per heavy atom. The second kappa shape index (κ2) is 11.6. The van der Waals surface area contributed by atoms with Gasteiger partial charge < -0.3 is 28.7 Å². The van der Waals surface area contributed by atoms with E-state index in [1.165, 1.54) is 12.0 Å². The van der Waals surface area contributed by atoms with Crippen LogP contribution in [-0.4, -0.2) is 94.0 Å². The molecule has 1 saturated heterocycles. The van der Waals surface area contributed by atoms with Crippen LogP contribution >= 0.6 is 0 Å². The molecule has 3 rings (SSSR count). The van der Waals surface area contributed by atoms with Crippen molar-refractivity contribution in [2.24, 2.45) is 5.92 Å². The molecule has 2 heterocycles. The Kier molecular flexibility index (Phi) is 8.89. The zero-order valence-corrected chi connectivity index (χ0v) is 20.7. The summed E-state index contributed by atoms with van der Waals surface area (Å²) >= 11 is 0. The number of carbonyl (C=O) groups is 2. The quantitative estimate of drug-likeness (QED) is 0.648. The smallest absolute Gasteiger partial charge is 0.257 e. The van der Waals surface area contributed by atoms with Crippen molar-refractivity contribution in [2.75, 3.05) is 48.0 Å². The van der Waals surface area contributed by atoms with Crippen molar-refractivity contribution in [3.63, 3.8) is 0 Å². The fraction of sp³-hybridized carbons (Fsp3) is 0.640. The highest BCUT2D eigenvalue weighted by Crippen LogP contribution is 2.29. The summed E-state index contributed by atoms with van der Waals surface area (Å²) in [6.07, 6.45) is 1.25. The van der Waals surface area contributed by atoms with E-state index in [-0.39, 0.29) is 60.2 Å². The lowest BCUT2D eigenvalue weighted by atomic mass is 9.98. The number of nitriles is 1. The molecule has 34 heavy (non-hydrogen) atoms. The third-order valence-corrected chi connectivity index (χ3v) is 6.83. The van der Waals surface area contributed by atoms with E-state index >= 15 is 0 Å². The van der Waals surface area contributed by atoms with Gasteiger partial charge in [0.1, 0.15) is 24.5 Å². The first kappa shape index (κ1) is 25.9. The predicted octanol–water partition coefficient (Wildman–Crippen LogP) is 2.08. The largest absolute Gasteiger partial charge is 0.489 e. The van der Waals surface area contributed by atoms with Crippen molar-refractivity contribution in [2.45, 2.75) is 50.6 Å². The van der Waals surface area contributed by atoms with Crippen LogP contribution in [0.15, 0.2) is 18.2 Å². The van der Waals surface area contributed by atoms with Gasteiger partial charge in [-0.25, -0.2) is 0 Å². The van der Waals surface area contributed by atoms with Gasteiger partial charge in [-0.1, -0.05) is 13.0 Å². The van der Waals surface area contributed by atoms with Crippen LogP contribution in [-0.2, 0) is 19.0 Å². The van der Waals surface area contributed by atoms with Gasteiger partial charge in [0.15, 0.2) is 0 Å². The zero-order valence-electron chi connectivity index (χ0n) is 20.7. The van der Waals surface area contributed by atoms with Gasteiger partial charge in [0.2, 0.25) is 5.91 Å². The fourth-order valence-corrected chi connectivity index (χ4v) is 4.63. The Balaban J connectivity index is 1.98. The molecule has 0 aromatic heterocycles. The van der Waals surface area contributed by atoms with E-state index in [9.17, 15) is 14.9 Å². The molecule has 2 aliphatic heterocycles. The number of carbonyl (C=O) groups excluding carboxylic acids is 2. The normalized spacial score (nSPS) is 29.2. The molecular formula is C25H35N3O6. The van der Waals surface area contributed by atoms with Gasteiger partial charge in [-0.2, -0.15) is 5.26 Å². The molecule has 186 valence electrons. The second-order valence-corrected chi connectivity index (χ2v) is 9.05. The predicted molar refractivity (Wildman–Crippen MR) is 125 cm³/mol. The molecule has 2 aliphatic rings. The summed E-state index contributed by atoms with van der Waals surface area (Å²) in [6.45, 7) is 2.72. The second-order valence-electron chi connectivity index (χ2n) is 9.05. The number of para-hydroxylation sites is 1. The van der Waals surface area contributed by atoms with E-state index in [4.69, 9.17) is 18.9 Å². The Morgan fingerprint density at radius 3 is 2.47 bits per heavy atom. The maximum absolute atomic E-state index is 13.4. The number of hydrogen-bond donors (Lipinski definition) is 0. The molecule has 0 N–H and O–H groups in total. The summed E-state index contributed by atoms with van der Waals surface area (Å²) < 4.78 is 23.6. The number of fused-ring (bicyclic) bond motifs is 3. The lowest BCUT2D eigenvalue weighted by Crippen LogP contribution is -2.47. The molecule has 9 nitrogen and oxygen atoms in total. The van der Waals surface area contributed by atoms with E-state index in [0.29, 0.717) is 13.0 Å². The van der Waals surface area contributed by atoms with E-state index < -0.39 is 12.0 Å². The van der Waals surface area contributed by atoms with Gasteiger partial charge in [0, 0.05) is 41.4 Å².